The molecule has 0 saturated heterocycles. The van der Waals surface area contributed by atoms with Crippen molar-refractivity contribution in [1.29, 1.82) is 0 Å². The van der Waals surface area contributed by atoms with E-state index in [1.807, 2.05) is 24.3 Å². The smallest absolute Gasteiger partial charge is 0.0710 e. The molecule has 1 atom stereocenters. The minimum absolute atomic E-state index is 0.344. The van der Waals surface area contributed by atoms with Crippen molar-refractivity contribution in [2.24, 2.45) is 0 Å². The molecule has 0 aromatic heterocycles. The van der Waals surface area contributed by atoms with Gasteiger partial charge in [-0.3, -0.25) is 0 Å². The fourth-order valence-corrected chi connectivity index (χ4v) is 1.37. The maximum Gasteiger partial charge on any atom is 0.0710 e. The SMILES string of the molecule is CN1C=CC(c2ccccc2)N1. The Hall–Kier alpha value is -1.28. The van der Waals surface area contributed by atoms with E-state index in [0.717, 1.165) is 0 Å². The molecule has 1 aromatic rings. The van der Waals surface area contributed by atoms with E-state index in [0.29, 0.717) is 6.04 Å². The summed E-state index contributed by atoms with van der Waals surface area (Å²) >= 11 is 0. The molecule has 2 nitrogen and oxygen atoms in total. The van der Waals surface area contributed by atoms with Crippen LogP contribution >= 0.6 is 0 Å². The zero-order valence-electron chi connectivity index (χ0n) is 7.07. The van der Waals surface area contributed by atoms with Gasteiger partial charge in [0, 0.05) is 13.2 Å². The molecule has 1 aliphatic heterocycles. The predicted octanol–water partition coefficient (Wildman–Crippen LogP) is 1.69. The maximum atomic E-state index is 3.29. The average Bonchev–Trinajstić information content (AvgIpc) is 2.54. The Morgan fingerprint density at radius 2 is 2.00 bits per heavy atom. The Balaban J connectivity index is 2.18. The summed E-state index contributed by atoms with van der Waals surface area (Å²) in [5, 5.41) is 1.97. The molecule has 1 heterocycles. The Morgan fingerprint density at radius 1 is 1.25 bits per heavy atom. The van der Waals surface area contributed by atoms with Crippen LogP contribution in [0.25, 0.3) is 0 Å². The average molecular weight is 160 g/mol. The summed E-state index contributed by atoms with van der Waals surface area (Å²) in [6.45, 7) is 0. The molecule has 0 radical (unpaired) electrons. The van der Waals surface area contributed by atoms with E-state index in [9.17, 15) is 0 Å². The fourth-order valence-electron chi connectivity index (χ4n) is 1.37. The molecular weight excluding hydrogens is 148 g/mol. The number of hydrogen-bond acceptors (Lipinski definition) is 2. The van der Waals surface area contributed by atoms with E-state index in [1.54, 1.807) is 0 Å². The third kappa shape index (κ3) is 1.34. The molecule has 0 aliphatic carbocycles. The van der Waals surface area contributed by atoms with Gasteiger partial charge in [0.25, 0.3) is 0 Å². The van der Waals surface area contributed by atoms with Crippen molar-refractivity contribution >= 4 is 0 Å². The molecule has 1 unspecified atom stereocenters. The number of nitrogens with one attached hydrogen (secondary N) is 1. The lowest BCUT2D eigenvalue weighted by molar-refractivity contribution is 0.333. The molecule has 0 bridgehead atoms. The molecule has 62 valence electrons. The van der Waals surface area contributed by atoms with Crippen LogP contribution in [0.1, 0.15) is 11.6 Å². The molecule has 1 aliphatic rings. The summed E-state index contributed by atoms with van der Waals surface area (Å²) in [6, 6.07) is 10.7. The highest BCUT2D eigenvalue weighted by Crippen LogP contribution is 2.17. The van der Waals surface area contributed by atoms with Gasteiger partial charge < -0.3 is 5.01 Å². The lowest BCUT2D eigenvalue weighted by Crippen LogP contribution is -2.26. The second-order valence-corrected chi connectivity index (χ2v) is 2.97. The van der Waals surface area contributed by atoms with Gasteiger partial charge in [-0.1, -0.05) is 30.3 Å². The van der Waals surface area contributed by atoms with Crippen molar-refractivity contribution in [1.82, 2.24) is 10.4 Å². The summed E-state index contributed by atoms with van der Waals surface area (Å²) in [7, 11) is 2.00. The Kier molecular flexibility index (Phi) is 1.84. The third-order valence-electron chi connectivity index (χ3n) is 2.00. The summed E-state index contributed by atoms with van der Waals surface area (Å²) in [5.41, 5.74) is 4.60. The van der Waals surface area contributed by atoms with Crippen LogP contribution < -0.4 is 5.43 Å². The van der Waals surface area contributed by atoms with Gasteiger partial charge in [-0.2, -0.15) is 0 Å². The first-order valence-corrected chi connectivity index (χ1v) is 4.08. The molecule has 0 saturated carbocycles. The van der Waals surface area contributed by atoms with E-state index >= 15 is 0 Å². The molecular formula is C10H12N2. The molecule has 1 N–H and O–H groups in total. The minimum atomic E-state index is 0.344. The Morgan fingerprint density at radius 3 is 2.58 bits per heavy atom. The van der Waals surface area contributed by atoms with E-state index in [2.05, 4.69) is 35.8 Å². The van der Waals surface area contributed by atoms with Gasteiger partial charge in [0.05, 0.1) is 6.04 Å². The van der Waals surface area contributed by atoms with Crippen molar-refractivity contribution < 1.29 is 0 Å². The summed E-state index contributed by atoms with van der Waals surface area (Å²) in [4.78, 5) is 0. The van der Waals surface area contributed by atoms with Crippen molar-refractivity contribution in [2.45, 2.75) is 6.04 Å². The van der Waals surface area contributed by atoms with Crippen LogP contribution in [0, 0.1) is 0 Å². The molecule has 0 fully saturated rings. The van der Waals surface area contributed by atoms with Crippen LogP contribution in [-0.2, 0) is 0 Å². The quantitative estimate of drug-likeness (QED) is 0.672. The van der Waals surface area contributed by atoms with Gasteiger partial charge in [0.15, 0.2) is 0 Å². The van der Waals surface area contributed by atoms with Crippen molar-refractivity contribution in [3.8, 4) is 0 Å². The van der Waals surface area contributed by atoms with E-state index < -0.39 is 0 Å². The van der Waals surface area contributed by atoms with Crippen molar-refractivity contribution in [3.63, 3.8) is 0 Å². The van der Waals surface area contributed by atoms with Crippen LogP contribution in [0.4, 0.5) is 0 Å². The monoisotopic (exact) mass is 160 g/mol. The number of hydrogen-bond donors (Lipinski definition) is 1. The standard InChI is InChI=1S/C10H12N2/c1-12-8-7-10(11-12)9-5-3-2-4-6-9/h2-8,10-11H,1H3. The van der Waals surface area contributed by atoms with Crippen LogP contribution in [0.5, 0.6) is 0 Å². The first-order chi connectivity index (χ1) is 5.86. The van der Waals surface area contributed by atoms with Crippen molar-refractivity contribution in [3.05, 3.63) is 48.2 Å². The highest BCUT2D eigenvalue weighted by molar-refractivity contribution is 5.24. The van der Waals surface area contributed by atoms with Crippen LogP contribution in [0.15, 0.2) is 42.6 Å². The van der Waals surface area contributed by atoms with Crippen molar-refractivity contribution in [2.75, 3.05) is 7.05 Å². The van der Waals surface area contributed by atoms with E-state index in [1.165, 1.54) is 5.56 Å². The molecule has 0 spiro atoms. The minimum Gasteiger partial charge on any atom is -0.318 e. The van der Waals surface area contributed by atoms with Gasteiger partial charge in [-0.05, 0) is 11.6 Å². The van der Waals surface area contributed by atoms with Gasteiger partial charge in [0.1, 0.15) is 0 Å². The van der Waals surface area contributed by atoms with Crippen LogP contribution in [-0.4, -0.2) is 12.1 Å². The zero-order valence-corrected chi connectivity index (χ0v) is 7.07. The molecule has 2 heteroatoms. The van der Waals surface area contributed by atoms with Gasteiger partial charge in [-0.25, -0.2) is 5.43 Å². The Bertz CT molecular complexity index is 279. The topological polar surface area (TPSA) is 15.3 Å². The lowest BCUT2D eigenvalue weighted by atomic mass is 10.1. The van der Waals surface area contributed by atoms with Gasteiger partial charge in [0.2, 0.25) is 0 Å². The number of rotatable bonds is 1. The van der Waals surface area contributed by atoms with E-state index in [-0.39, 0.29) is 0 Å². The zero-order chi connectivity index (χ0) is 8.39. The highest BCUT2D eigenvalue weighted by atomic mass is 15.5. The predicted molar refractivity (Wildman–Crippen MR) is 49.2 cm³/mol. The fraction of sp³-hybridized carbons (Fsp3) is 0.200. The number of nitrogens with zero attached hydrogens (tertiary/aromatic N) is 1. The second-order valence-electron chi connectivity index (χ2n) is 2.97. The summed E-state index contributed by atoms with van der Waals surface area (Å²) < 4.78 is 0. The van der Waals surface area contributed by atoms with Crippen LogP contribution in [0.3, 0.4) is 0 Å². The highest BCUT2D eigenvalue weighted by Gasteiger charge is 2.12. The number of hydrazine groups is 1. The molecule has 2 rings (SSSR count). The maximum absolute atomic E-state index is 3.29. The largest absolute Gasteiger partial charge is 0.318 e. The normalized spacial score (nSPS) is 21.8. The molecule has 1 aromatic carbocycles. The van der Waals surface area contributed by atoms with Crippen LogP contribution in [0.2, 0.25) is 0 Å². The van der Waals surface area contributed by atoms with Gasteiger partial charge >= 0.3 is 0 Å². The third-order valence-corrected chi connectivity index (χ3v) is 2.00. The first-order valence-electron chi connectivity index (χ1n) is 4.08. The number of benzene rings is 1. The Labute approximate surface area is 72.5 Å². The second kappa shape index (κ2) is 2.99. The molecule has 0 amide bonds. The lowest BCUT2D eigenvalue weighted by Gasteiger charge is -2.14. The summed E-state index contributed by atoms with van der Waals surface area (Å²) in [6.07, 6.45) is 4.19. The van der Waals surface area contributed by atoms with Gasteiger partial charge in [-0.15, -0.1) is 0 Å². The molecule has 12 heavy (non-hydrogen) atoms. The summed E-state index contributed by atoms with van der Waals surface area (Å²) in [5.74, 6) is 0. The van der Waals surface area contributed by atoms with E-state index in [4.69, 9.17) is 0 Å². The first kappa shape index (κ1) is 7.37.